The first-order valence-corrected chi connectivity index (χ1v) is 7.31. The number of hydrogen-bond acceptors (Lipinski definition) is 6. The van der Waals surface area contributed by atoms with Gasteiger partial charge >= 0.3 is 5.97 Å². The summed E-state index contributed by atoms with van der Waals surface area (Å²) in [5.41, 5.74) is 1.13. The van der Waals surface area contributed by atoms with Crippen LogP contribution in [0.25, 0.3) is 11.2 Å². The number of anilines is 1. The summed E-state index contributed by atoms with van der Waals surface area (Å²) in [6, 6.07) is -0.904. The van der Waals surface area contributed by atoms with Gasteiger partial charge < -0.3 is 20.3 Å². The molecule has 0 aliphatic heterocycles. The minimum atomic E-state index is -1.03. The van der Waals surface area contributed by atoms with Crippen LogP contribution in [-0.2, 0) is 9.59 Å². The first-order chi connectivity index (χ1) is 10.9. The van der Waals surface area contributed by atoms with Gasteiger partial charge in [-0.2, -0.15) is 0 Å². The van der Waals surface area contributed by atoms with Crippen molar-refractivity contribution in [3.63, 3.8) is 0 Å². The predicted molar refractivity (Wildman–Crippen MR) is 84.0 cm³/mol. The minimum Gasteiger partial charge on any atom is -0.480 e. The third-order valence-corrected chi connectivity index (χ3v) is 3.74. The fourth-order valence-electron chi connectivity index (χ4n) is 2.23. The molecule has 0 fully saturated rings. The number of carboxylic acids is 1. The first-order valence-electron chi connectivity index (χ1n) is 7.31. The molecule has 0 bridgehead atoms. The summed E-state index contributed by atoms with van der Waals surface area (Å²) in [4.78, 5) is 40.2. The van der Waals surface area contributed by atoms with Gasteiger partial charge in [0.25, 0.3) is 0 Å². The van der Waals surface area contributed by atoms with Crippen LogP contribution in [0, 0.1) is 5.92 Å². The molecule has 0 radical (unpaired) electrons. The minimum absolute atomic E-state index is 0.0225. The highest BCUT2D eigenvalue weighted by atomic mass is 16.4. The summed E-state index contributed by atoms with van der Waals surface area (Å²) >= 11 is 0. The standard InChI is InChI=1S/C14H20N6O3/c1-4-8(2)10(14(22)23)19-9(21)5-20(3)13-11-12(16-6-15-11)17-7-18-13/h6-8,10H,4-5H2,1-3H3,(H,19,21)(H,22,23)(H,15,16,17,18)/t8-,10-/m0/s1. The topological polar surface area (TPSA) is 124 Å². The highest BCUT2D eigenvalue weighted by Gasteiger charge is 2.26. The maximum Gasteiger partial charge on any atom is 0.326 e. The summed E-state index contributed by atoms with van der Waals surface area (Å²) in [5, 5.41) is 11.8. The molecule has 0 aliphatic rings. The number of amides is 1. The number of nitrogens with one attached hydrogen (secondary N) is 2. The Morgan fingerprint density at radius 1 is 1.39 bits per heavy atom. The van der Waals surface area contributed by atoms with Crippen LogP contribution in [-0.4, -0.2) is 56.6 Å². The van der Waals surface area contributed by atoms with Crippen molar-refractivity contribution in [1.82, 2.24) is 25.3 Å². The van der Waals surface area contributed by atoms with Crippen LogP contribution in [0.1, 0.15) is 20.3 Å². The molecule has 0 saturated heterocycles. The van der Waals surface area contributed by atoms with Crippen LogP contribution in [0.15, 0.2) is 12.7 Å². The van der Waals surface area contributed by atoms with Crippen LogP contribution in [0.4, 0.5) is 5.82 Å². The number of aliphatic carboxylic acids is 1. The summed E-state index contributed by atoms with van der Waals surface area (Å²) in [5.74, 6) is -1.04. The fraction of sp³-hybridized carbons (Fsp3) is 0.500. The largest absolute Gasteiger partial charge is 0.480 e. The number of aromatic amines is 1. The van der Waals surface area contributed by atoms with E-state index >= 15 is 0 Å². The Balaban J connectivity index is 2.07. The molecule has 0 spiro atoms. The van der Waals surface area contributed by atoms with Crippen molar-refractivity contribution in [3.05, 3.63) is 12.7 Å². The number of fused-ring (bicyclic) bond motifs is 1. The van der Waals surface area contributed by atoms with Crippen molar-refractivity contribution in [3.8, 4) is 0 Å². The number of nitrogens with zero attached hydrogens (tertiary/aromatic N) is 4. The van der Waals surface area contributed by atoms with Crippen LogP contribution in [0.5, 0.6) is 0 Å². The van der Waals surface area contributed by atoms with E-state index in [1.807, 2.05) is 6.92 Å². The van der Waals surface area contributed by atoms with Gasteiger partial charge in [0, 0.05) is 7.05 Å². The lowest BCUT2D eigenvalue weighted by Crippen LogP contribution is -2.48. The molecule has 0 unspecified atom stereocenters. The molecular weight excluding hydrogens is 300 g/mol. The average molecular weight is 320 g/mol. The Morgan fingerprint density at radius 3 is 2.78 bits per heavy atom. The molecule has 3 N–H and O–H groups in total. The van der Waals surface area contributed by atoms with Crippen molar-refractivity contribution in [2.24, 2.45) is 5.92 Å². The van der Waals surface area contributed by atoms with Gasteiger partial charge in [0.2, 0.25) is 5.91 Å². The first kappa shape index (κ1) is 16.7. The van der Waals surface area contributed by atoms with Gasteiger partial charge in [0.05, 0.1) is 12.9 Å². The summed E-state index contributed by atoms with van der Waals surface area (Å²) in [6.07, 6.45) is 3.53. The third kappa shape index (κ3) is 3.74. The molecule has 2 atom stereocenters. The zero-order valence-corrected chi connectivity index (χ0v) is 13.3. The molecule has 2 aromatic heterocycles. The van der Waals surface area contributed by atoms with Crippen molar-refractivity contribution < 1.29 is 14.7 Å². The Morgan fingerprint density at radius 2 is 2.13 bits per heavy atom. The number of rotatable bonds is 7. The number of imidazole rings is 1. The average Bonchev–Trinajstić information content (AvgIpc) is 2.99. The van der Waals surface area contributed by atoms with Crippen molar-refractivity contribution >= 4 is 28.9 Å². The third-order valence-electron chi connectivity index (χ3n) is 3.74. The predicted octanol–water partition coefficient (Wildman–Crippen LogP) is 0.405. The zero-order chi connectivity index (χ0) is 17.0. The Kier molecular flexibility index (Phi) is 5.09. The Labute approximate surface area is 133 Å². The lowest BCUT2D eigenvalue weighted by atomic mass is 9.99. The summed E-state index contributed by atoms with van der Waals surface area (Å²) in [7, 11) is 1.70. The number of likely N-dealkylation sites (N-methyl/N-ethyl adjacent to an activating group) is 1. The van der Waals surface area contributed by atoms with Gasteiger partial charge in [-0.15, -0.1) is 0 Å². The van der Waals surface area contributed by atoms with Gasteiger partial charge in [-0.05, 0) is 5.92 Å². The molecule has 0 aromatic carbocycles. The number of carbonyl (C=O) groups is 2. The number of H-pyrrole nitrogens is 1. The van der Waals surface area contributed by atoms with Gasteiger partial charge in [-0.3, -0.25) is 4.79 Å². The highest BCUT2D eigenvalue weighted by Crippen LogP contribution is 2.17. The van der Waals surface area contributed by atoms with Crippen LogP contribution >= 0.6 is 0 Å². The van der Waals surface area contributed by atoms with Crippen LogP contribution in [0.3, 0.4) is 0 Å². The number of hydrogen-bond donors (Lipinski definition) is 3. The molecular formula is C14H20N6O3. The fourth-order valence-corrected chi connectivity index (χ4v) is 2.23. The summed E-state index contributed by atoms with van der Waals surface area (Å²) in [6.45, 7) is 3.65. The molecule has 2 rings (SSSR count). The molecule has 23 heavy (non-hydrogen) atoms. The van der Waals surface area contributed by atoms with E-state index < -0.39 is 12.0 Å². The van der Waals surface area contributed by atoms with E-state index in [-0.39, 0.29) is 18.4 Å². The van der Waals surface area contributed by atoms with E-state index in [2.05, 4.69) is 25.3 Å². The number of carboxylic acid groups (broad SMARTS) is 1. The van der Waals surface area contributed by atoms with Crippen molar-refractivity contribution in [2.45, 2.75) is 26.3 Å². The Hall–Kier alpha value is -2.71. The second kappa shape index (κ2) is 7.03. The van der Waals surface area contributed by atoms with E-state index in [0.29, 0.717) is 23.4 Å². The Bertz CT molecular complexity index is 701. The SMILES string of the molecule is CC[C@H](C)[C@H](NC(=O)CN(C)c1ncnc2nc[nH]c12)C(=O)O. The molecule has 9 nitrogen and oxygen atoms in total. The molecule has 0 saturated carbocycles. The van der Waals surface area contributed by atoms with Crippen molar-refractivity contribution in [1.29, 1.82) is 0 Å². The molecule has 9 heteroatoms. The zero-order valence-electron chi connectivity index (χ0n) is 13.3. The molecule has 2 heterocycles. The monoisotopic (exact) mass is 320 g/mol. The van der Waals surface area contributed by atoms with E-state index in [1.165, 1.54) is 12.7 Å². The van der Waals surface area contributed by atoms with Crippen molar-refractivity contribution in [2.75, 3.05) is 18.5 Å². The molecule has 2 aromatic rings. The quantitative estimate of drug-likeness (QED) is 0.674. The number of carbonyl (C=O) groups excluding carboxylic acids is 1. The van der Waals surface area contributed by atoms with Gasteiger partial charge in [0.1, 0.15) is 17.9 Å². The smallest absolute Gasteiger partial charge is 0.326 e. The van der Waals surface area contributed by atoms with Gasteiger partial charge in [-0.25, -0.2) is 19.7 Å². The normalized spacial score (nSPS) is 13.5. The van der Waals surface area contributed by atoms with Gasteiger partial charge in [0.15, 0.2) is 11.5 Å². The van der Waals surface area contributed by atoms with Crippen LogP contribution in [0.2, 0.25) is 0 Å². The van der Waals surface area contributed by atoms with Crippen LogP contribution < -0.4 is 10.2 Å². The molecule has 1 amide bonds. The summed E-state index contributed by atoms with van der Waals surface area (Å²) < 4.78 is 0. The number of aromatic nitrogens is 4. The van der Waals surface area contributed by atoms with E-state index in [0.717, 1.165) is 0 Å². The lowest BCUT2D eigenvalue weighted by Gasteiger charge is -2.23. The molecule has 124 valence electrons. The highest BCUT2D eigenvalue weighted by molar-refractivity contribution is 5.89. The maximum absolute atomic E-state index is 12.2. The lowest BCUT2D eigenvalue weighted by molar-refractivity contribution is -0.143. The van der Waals surface area contributed by atoms with E-state index in [4.69, 9.17) is 0 Å². The van der Waals surface area contributed by atoms with E-state index in [1.54, 1.807) is 18.9 Å². The second-order valence-corrected chi connectivity index (χ2v) is 5.42. The molecule has 0 aliphatic carbocycles. The second-order valence-electron chi connectivity index (χ2n) is 5.42. The van der Waals surface area contributed by atoms with Gasteiger partial charge in [-0.1, -0.05) is 20.3 Å². The maximum atomic E-state index is 12.2. The van der Waals surface area contributed by atoms with E-state index in [9.17, 15) is 14.7 Å².